The van der Waals surface area contributed by atoms with Gasteiger partial charge in [-0.1, -0.05) is 25.3 Å². The molecule has 20 heavy (non-hydrogen) atoms. The van der Waals surface area contributed by atoms with E-state index in [0.717, 1.165) is 11.5 Å². The standard InChI is InChI=1S/C13H14BrF2N3S/c1-13(2,3)12-11(20-19-18-12)10(17)8-7(15)5-4-6(14)9(8)16/h4-5,10H,17H2,1-3H3. The molecule has 0 saturated carbocycles. The van der Waals surface area contributed by atoms with Gasteiger partial charge in [-0.25, -0.2) is 8.78 Å². The predicted molar refractivity (Wildman–Crippen MR) is 78.7 cm³/mol. The van der Waals surface area contributed by atoms with Gasteiger partial charge in [0.15, 0.2) is 0 Å². The molecule has 1 atom stereocenters. The van der Waals surface area contributed by atoms with Gasteiger partial charge in [0, 0.05) is 11.0 Å². The lowest BCUT2D eigenvalue weighted by Gasteiger charge is -2.20. The number of benzene rings is 1. The SMILES string of the molecule is CC(C)(C)c1nnsc1C(N)c1c(F)ccc(Br)c1F. The van der Waals surface area contributed by atoms with Crippen molar-refractivity contribution in [2.75, 3.05) is 0 Å². The quantitative estimate of drug-likeness (QED) is 0.824. The highest BCUT2D eigenvalue weighted by Crippen LogP contribution is 2.35. The smallest absolute Gasteiger partial charge is 0.145 e. The maximum Gasteiger partial charge on any atom is 0.145 e. The largest absolute Gasteiger partial charge is 0.319 e. The number of rotatable bonds is 2. The Kier molecular flexibility index (Phi) is 4.22. The Morgan fingerprint density at radius 3 is 2.55 bits per heavy atom. The molecular weight excluding hydrogens is 348 g/mol. The predicted octanol–water partition coefficient (Wildman–Crippen LogP) is 3.92. The number of nitrogens with zero attached hydrogens (tertiary/aromatic N) is 2. The van der Waals surface area contributed by atoms with E-state index in [1.807, 2.05) is 20.8 Å². The summed E-state index contributed by atoms with van der Waals surface area (Å²) in [5.74, 6) is -1.36. The van der Waals surface area contributed by atoms with Gasteiger partial charge in [0.2, 0.25) is 0 Å². The first-order chi connectivity index (χ1) is 9.23. The van der Waals surface area contributed by atoms with Crippen LogP contribution in [0.5, 0.6) is 0 Å². The molecule has 1 unspecified atom stereocenters. The number of aromatic nitrogens is 2. The zero-order valence-corrected chi connectivity index (χ0v) is 13.6. The average Bonchev–Trinajstić information content (AvgIpc) is 2.83. The van der Waals surface area contributed by atoms with Crippen LogP contribution in [0.25, 0.3) is 0 Å². The number of nitrogens with two attached hydrogens (primary N) is 1. The molecule has 0 radical (unpaired) electrons. The Hall–Kier alpha value is -0.920. The Labute approximate surface area is 128 Å². The number of hydrogen-bond donors (Lipinski definition) is 1. The molecule has 1 aromatic heterocycles. The fourth-order valence-corrected chi connectivity index (χ4v) is 3.10. The number of hydrogen-bond acceptors (Lipinski definition) is 4. The van der Waals surface area contributed by atoms with Crippen LogP contribution in [0.2, 0.25) is 0 Å². The van der Waals surface area contributed by atoms with Crippen molar-refractivity contribution >= 4 is 27.5 Å². The molecule has 0 saturated heterocycles. The summed E-state index contributed by atoms with van der Waals surface area (Å²) in [5, 5.41) is 4.05. The van der Waals surface area contributed by atoms with Gasteiger partial charge in [0.25, 0.3) is 0 Å². The van der Waals surface area contributed by atoms with Crippen LogP contribution in [0.4, 0.5) is 8.78 Å². The van der Waals surface area contributed by atoms with Crippen molar-refractivity contribution < 1.29 is 8.78 Å². The van der Waals surface area contributed by atoms with Crippen LogP contribution in [0.1, 0.15) is 42.9 Å². The van der Waals surface area contributed by atoms with Crippen molar-refractivity contribution in [2.45, 2.75) is 32.2 Å². The fraction of sp³-hybridized carbons (Fsp3) is 0.385. The van der Waals surface area contributed by atoms with Crippen molar-refractivity contribution in [3.8, 4) is 0 Å². The normalized spacial score (nSPS) is 13.6. The van der Waals surface area contributed by atoms with Gasteiger partial charge in [-0.2, -0.15) is 0 Å². The van der Waals surface area contributed by atoms with Gasteiger partial charge < -0.3 is 5.73 Å². The molecule has 2 N–H and O–H groups in total. The minimum atomic E-state index is -0.929. The first-order valence-electron chi connectivity index (χ1n) is 5.95. The summed E-state index contributed by atoms with van der Waals surface area (Å²) in [6.45, 7) is 5.86. The molecular formula is C13H14BrF2N3S. The van der Waals surface area contributed by atoms with Gasteiger partial charge in [-0.05, 0) is 39.6 Å². The Bertz CT molecular complexity index is 637. The van der Waals surface area contributed by atoms with Gasteiger partial charge in [0.05, 0.1) is 21.1 Å². The van der Waals surface area contributed by atoms with Crippen molar-refractivity contribution in [2.24, 2.45) is 5.73 Å². The summed E-state index contributed by atoms with van der Waals surface area (Å²) in [5.41, 5.74) is 6.26. The van der Waals surface area contributed by atoms with Gasteiger partial charge in [-0.15, -0.1) is 5.10 Å². The number of halogens is 3. The molecule has 2 rings (SSSR count). The molecule has 2 aromatic rings. The van der Waals surface area contributed by atoms with Crippen molar-refractivity contribution in [1.82, 2.24) is 9.59 Å². The van der Waals surface area contributed by atoms with E-state index in [4.69, 9.17) is 5.73 Å². The Balaban J connectivity index is 2.56. The maximum atomic E-state index is 14.1. The summed E-state index contributed by atoms with van der Waals surface area (Å²) in [4.78, 5) is 0.577. The van der Waals surface area contributed by atoms with Crippen LogP contribution in [-0.2, 0) is 5.41 Å². The molecule has 0 aliphatic rings. The molecule has 1 heterocycles. The third-order valence-corrected chi connectivity index (χ3v) is 4.32. The summed E-state index contributed by atoms with van der Waals surface area (Å²) < 4.78 is 32.1. The molecule has 0 amide bonds. The van der Waals surface area contributed by atoms with E-state index in [0.29, 0.717) is 10.6 Å². The molecule has 7 heteroatoms. The fourth-order valence-electron chi connectivity index (χ4n) is 1.88. The second-order valence-corrected chi connectivity index (χ2v) is 7.11. The lowest BCUT2D eigenvalue weighted by Crippen LogP contribution is -2.21. The third-order valence-electron chi connectivity index (χ3n) is 2.90. The lowest BCUT2D eigenvalue weighted by molar-refractivity contribution is 0.528. The molecule has 0 aliphatic heterocycles. The van der Waals surface area contributed by atoms with Crippen molar-refractivity contribution in [3.05, 3.63) is 44.4 Å². The van der Waals surface area contributed by atoms with Gasteiger partial charge in [0.1, 0.15) is 11.6 Å². The topological polar surface area (TPSA) is 51.8 Å². The zero-order chi connectivity index (χ0) is 15.1. The van der Waals surface area contributed by atoms with E-state index < -0.39 is 17.7 Å². The van der Waals surface area contributed by atoms with Crippen LogP contribution >= 0.6 is 27.5 Å². The molecule has 0 spiro atoms. The van der Waals surface area contributed by atoms with Crippen LogP contribution < -0.4 is 5.73 Å². The van der Waals surface area contributed by atoms with Crippen LogP contribution in [0.15, 0.2) is 16.6 Å². The lowest BCUT2D eigenvalue weighted by atomic mass is 9.89. The second-order valence-electron chi connectivity index (χ2n) is 5.47. The highest BCUT2D eigenvalue weighted by Gasteiger charge is 2.29. The van der Waals surface area contributed by atoms with Gasteiger partial charge >= 0.3 is 0 Å². The van der Waals surface area contributed by atoms with Gasteiger partial charge in [-0.3, -0.25) is 0 Å². The first-order valence-corrected chi connectivity index (χ1v) is 7.52. The minimum absolute atomic E-state index is 0.170. The molecule has 1 aromatic carbocycles. The van der Waals surface area contributed by atoms with E-state index in [1.165, 1.54) is 12.1 Å². The highest BCUT2D eigenvalue weighted by atomic mass is 79.9. The van der Waals surface area contributed by atoms with E-state index in [-0.39, 0.29) is 15.5 Å². The third kappa shape index (κ3) is 2.75. The van der Waals surface area contributed by atoms with Crippen molar-refractivity contribution in [3.63, 3.8) is 0 Å². The Morgan fingerprint density at radius 2 is 1.95 bits per heavy atom. The summed E-state index contributed by atoms with van der Waals surface area (Å²) in [7, 11) is 0. The summed E-state index contributed by atoms with van der Waals surface area (Å²) in [6, 6.07) is 1.58. The van der Waals surface area contributed by atoms with Crippen molar-refractivity contribution in [1.29, 1.82) is 0 Å². The van der Waals surface area contributed by atoms with Crippen LogP contribution in [-0.4, -0.2) is 9.59 Å². The monoisotopic (exact) mass is 361 g/mol. The molecule has 0 bridgehead atoms. The van der Waals surface area contributed by atoms with Crippen LogP contribution in [0.3, 0.4) is 0 Å². The zero-order valence-electron chi connectivity index (χ0n) is 11.2. The first kappa shape index (κ1) is 15.5. The summed E-state index contributed by atoms with van der Waals surface area (Å²) >= 11 is 4.11. The van der Waals surface area contributed by atoms with E-state index in [2.05, 4.69) is 25.5 Å². The molecule has 0 fully saturated rings. The van der Waals surface area contributed by atoms with Crippen LogP contribution in [0, 0.1) is 11.6 Å². The summed E-state index contributed by atoms with van der Waals surface area (Å²) in [6.07, 6.45) is 0. The average molecular weight is 362 g/mol. The highest BCUT2D eigenvalue weighted by molar-refractivity contribution is 9.10. The van der Waals surface area contributed by atoms with E-state index >= 15 is 0 Å². The Morgan fingerprint density at radius 1 is 1.30 bits per heavy atom. The molecule has 108 valence electrons. The molecule has 0 aliphatic carbocycles. The maximum absolute atomic E-state index is 14.1. The second kappa shape index (κ2) is 5.46. The minimum Gasteiger partial charge on any atom is -0.319 e. The van der Waals surface area contributed by atoms with E-state index in [9.17, 15) is 8.78 Å². The molecule has 3 nitrogen and oxygen atoms in total. The van der Waals surface area contributed by atoms with E-state index in [1.54, 1.807) is 0 Å².